The van der Waals surface area contributed by atoms with Crippen LogP contribution in [0.5, 0.6) is 0 Å². The summed E-state index contributed by atoms with van der Waals surface area (Å²) in [5.74, 6) is 4.78. The van der Waals surface area contributed by atoms with E-state index < -0.39 is 15.8 Å². The molecule has 0 saturated heterocycles. The van der Waals surface area contributed by atoms with Crippen molar-refractivity contribution in [2.45, 2.75) is 4.90 Å². The van der Waals surface area contributed by atoms with Gasteiger partial charge in [-0.3, -0.25) is 4.72 Å². The lowest BCUT2D eigenvalue weighted by Gasteiger charge is -2.09. The zero-order chi connectivity index (χ0) is 14.8. The number of hydrazine groups is 1. The molecule has 106 valence electrons. The predicted octanol–water partition coefficient (Wildman–Crippen LogP) is 2.07. The van der Waals surface area contributed by atoms with Crippen LogP contribution in [0, 0.1) is 5.82 Å². The van der Waals surface area contributed by atoms with Gasteiger partial charge in [-0.2, -0.15) is 0 Å². The largest absolute Gasteiger partial charge is 0.308 e. The monoisotopic (exact) mass is 360 g/mol. The lowest BCUT2D eigenvalue weighted by molar-refractivity contribution is 0.598. The Morgan fingerprint density at radius 3 is 2.60 bits per heavy atom. The second kappa shape index (κ2) is 5.73. The number of halogens is 2. The molecule has 9 heteroatoms. The first-order chi connectivity index (χ1) is 9.42. The molecule has 4 N–H and O–H groups in total. The Hall–Kier alpha value is -1.71. The first kappa shape index (κ1) is 14.7. The maximum Gasteiger partial charge on any atom is 0.263 e. The molecule has 0 amide bonds. The van der Waals surface area contributed by atoms with Crippen molar-refractivity contribution in [3.05, 3.63) is 46.8 Å². The summed E-state index contributed by atoms with van der Waals surface area (Å²) in [7, 11) is -3.92. The molecule has 1 aromatic carbocycles. The molecule has 1 heterocycles. The first-order valence-electron chi connectivity index (χ1n) is 5.33. The van der Waals surface area contributed by atoms with Crippen LogP contribution >= 0.6 is 15.9 Å². The van der Waals surface area contributed by atoms with Crippen molar-refractivity contribution in [3.63, 3.8) is 0 Å². The molecule has 20 heavy (non-hydrogen) atoms. The van der Waals surface area contributed by atoms with Crippen molar-refractivity contribution in [2.24, 2.45) is 5.84 Å². The Kier molecular flexibility index (Phi) is 4.21. The third kappa shape index (κ3) is 3.24. The molecule has 0 spiro atoms. The number of pyridine rings is 1. The zero-order valence-electron chi connectivity index (χ0n) is 9.97. The summed E-state index contributed by atoms with van der Waals surface area (Å²) < 4.78 is 40.4. The van der Waals surface area contributed by atoms with Crippen LogP contribution in [0.1, 0.15) is 0 Å². The topological polar surface area (TPSA) is 97.1 Å². The number of hydrogen-bond acceptors (Lipinski definition) is 5. The fourth-order valence-corrected chi connectivity index (χ4v) is 2.77. The first-order valence-corrected chi connectivity index (χ1v) is 7.60. The van der Waals surface area contributed by atoms with Crippen LogP contribution in [-0.4, -0.2) is 13.4 Å². The third-order valence-corrected chi connectivity index (χ3v) is 4.21. The number of hydrogen-bond donors (Lipinski definition) is 3. The minimum absolute atomic E-state index is 0.101. The maximum atomic E-state index is 13.5. The summed E-state index contributed by atoms with van der Waals surface area (Å²) in [5, 5.41) is 0. The number of nitrogens with zero attached hydrogens (tertiary/aromatic N) is 1. The summed E-state index contributed by atoms with van der Waals surface area (Å²) in [6.45, 7) is 0. The molecule has 2 aromatic rings. The summed E-state index contributed by atoms with van der Waals surface area (Å²) in [6.07, 6.45) is 1.12. The average molecular weight is 361 g/mol. The molecule has 0 aliphatic carbocycles. The molecule has 0 unspecified atom stereocenters. The molecule has 2 rings (SSSR count). The summed E-state index contributed by atoms with van der Waals surface area (Å²) in [6, 6.07) is 6.65. The SMILES string of the molecule is NNc1ccc(S(=O)(=O)Nc2cc(Br)ccc2F)cn1. The molecule has 6 nitrogen and oxygen atoms in total. The van der Waals surface area contributed by atoms with Crippen molar-refractivity contribution in [1.82, 2.24) is 4.98 Å². The van der Waals surface area contributed by atoms with Crippen molar-refractivity contribution < 1.29 is 12.8 Å². The molecule has 0 aliphatic heterocycles. The Morgan fingerprint density at radius 2 is 2.00 bits per heavy atom. The van der Waals surface area contributed by atoms with Gasteiger partial charge in [-0.25, -0.2) is 23.6 Å². The summed E-state index contributed by atoms with van der Waals surface area (Å²) in [4.78, 5) is 3.69. The number of nitrogen functional groups attached to an aromatic ring is 1. The van der Waals surface area contributed by atoms with E-state index in [1.54, 1.807) is 0 Å². The van der Waals surface area contributed by atoms with Gasteiger partial charge in [-0.1, -0.05) is 15.9 Å². The molecule has 1 aromatic heterocycles. The number of nitrogens with one attached hydrogen (secondary N) is 2. The highest BCUT2D eigenvalue weighted by Gasteiger charge is 2.17. The van der Waals surface area contributed by atoms with E-state index in [-0.39, 0.29) is 10.6 Å². The van der Waals surface area contributed by atoms with Crippen molar-refractivity contribution in [2.75, 3.05) is 10.1 Å². The lowest BCUT2D eigenvalue weighted by Crippen LogP contribution is -2.15. The van der Waals surface area contributed by atoms with Crippen LogP contribution in [0.4, 0.5) is 15.9 Å². The van der Waals surface area contributed by atoms with E-state index in [0.717, 1.165) is 12.3 Å². The highest BCUT2D eigenvalue weighted by atomic mass is 79.9. The van der Waals surface area contributed by atoms with Crippen LogP contribution < -0.4 is 16.0 Å². The van der Waals surface area contributed by atoms with Gasteiger partial charge in [0, 0.05) is 10.7 Å². The molecule has 0 radical (unpaired) electrons. The van der Waals surface area contributed by atoms with Gasteiger partial charge in [0.2, 0.25) is 0 Å². The van der Waals surface area contributed by atoms with Crippen molar-refractivity contribution >= 4 is 37.5 Å². The van der Waals surface area contributed by atoms with E-state index in [0.29, 0.717) is 10.3 Å². The Labute approximate surface area is 123 Å². The van der Waals surface area contributed by atoms with E-state index in [2.05, 4.69) is 31.1 Å². The van der Waals surface area contributed by atoms with E-state index in [9.17, 15) is 12.8 Å². The molecule has 0 bridgehead atoms. The predicted molar refractivity (Wildman–Crippen MR) is 77.0 cm³/mol. The van der Waals surface area contributed by atoms with Crippen LogP contribution in [-0.2, 0) is 10.0 Å². The van der Waals surface area contributed by atoms with Crippen LogP contribution in [0.3, 0.4) is 0 Å². The van der Waals surface area contributed by atoms with Crippen LogP contribution in [0.25, 0.3) is 0 Å². The Bertz CT molecular complexity index is 722. The smallest absolute Gasteiger partial charge is 0.263 e. The van der Waals surface area contributed by atoms with E-state index >= 15 is 0 Å². The van der Waals surface area contributed by atoms with Gasteiger partial charge < -0.3 is 5.43 Å². The van der Waals surface area contributed by atoms with Gasteiger partial charge in [-0.05, 0) is 30.3 Å². The van der Waals surface area contributed by atoms with Gasteiger partial charge in [0.05, 0.1) is 5.69 Å². The second-order valence-electron chi connectivity index (χ2n) is 3.75. The van der Waals surface area contributed by atoms with Gasteiger partial charge >= 0.3 is 0 Å². The lowest BCUT2D eigenvalue weighted by atomic mass is 10.3. The Balaban J connectivity index is 2.32. The van der Waals surface area contributed by atoms with E-state index in [4.69, 9.17) is 5.84 Å². The number of anilines is 2. The van der Waals surface area contributed by atoms with Gasteiger partial charge in [0.25, 0.3) is 10.0 Å². The Morgan fingerprint density at radius 1 is 1.25 bits per heavy atom. The third-order valence-electron chi connectivity index (χ3n) is 2.37. The van der Waals surface area contributed by atoms with Crippen LogP contribution in [0.15, 0.2) is 45.9 Å². The number of benzene rings is 1. The highest BCUT2D eigenvalue weighted by Crippen LogP contribution is 2.23. The number of rotatable bonds is 4. The van der Waals surface area contributed by atoms with E-state index in [1.165, 1.54) is 24.3 Å². The van der Waals surface area contributed by atoms with Crippen molar-refractivity contribution in [1.29, 1.82) is 0 Å². The fourth-order valence-electron chi connectivity index (χ4n) is 1.40. The minimum Gasteiger partial charge on any atom is -0.308 e. The number of sulfonamides is 1. The highest BCUT2D eigenvalue weighted by molar-refractivity contribution is 9.10. The van der Waals surface area contributed by atoms with Crippen LogP contribution in [0.2, 0.25) is 0 Å². The molecular weight excluding hydrogens is 351 g/mol. The molecular formula is C11H10BrFN4O2S. The quantitative estimate of drug-likeness (QED) is 0.572. The number of nitrogens with two attached hydrogens (primary N) is 1. The molecule has 0 fully saturated rings. The summed E-state index contributed by atoms with van der Waals surface area (Å²) in [5.41, 5.74) is 2.13. The van der Waals surface area contributed by atoms with Crippen molar-refractivity contribution in [3.8, 4) is 0 Å². The molecule has 0 saturated carbocycles. The van der Waals surface area contributed by atoms with Gasteiger partial charge in [-0.15, -0.1) is 0 Å². The second-order valence-corrected chi connectivity index (χ2v) is 6.35. The van der Waals surface area contributed by atoms with E-state index in [1.807, 2.05) is 0 Å². The van der Waals surface area contributed by atoms with Gasteiger partial charge in [0.15, 0.2) is 0 Å². The fraction of sp³-hybridized carbons (Fsp3) is 0. The average Bonchev–Trinajstić information content (AvgIpc) is 2.43. The van der Waals surface area contributed by atoms with Gasteiger partial charge in [0.1, 0.15) is 16.5 Å². The molecule has 0 atom stereocenters. The molecule has 0 aliphatic rings. The summed E-state index contributed by atoms with van der Waals surface area (Å²) >= 11 is 3.14. The normalized spacial score (nSPS) is 11.2. The zero-order valence-corrected chi connectivity index (χ0v) is 12.4. The number of aromatic nitrogens is 1. The minimum atomic E-state index is -3.92. The standard InChI is InChI=1S/C11H10BrFN4O2S/c12-7-1-3-9(13)10(5-7)17-20(18,19)8-2-4-11(16-14)15-6-8/h1-6,17H,14H2,(H,15,16). The maximum absolute atomic E-state index is 13.5.